The molecule has 0 atom stereocenters. The Morgan fingerprint density at radius 3 is 2.45 bits per heavy atom. The van der Waals surface area contributed by atoms with Crippen molar-refractivity contribution in [1.82, 2.24) is 5.32 Å². The predicted molar refractivity (Wildman–Crippen MR) is 112 cm³/mol. The first-order chi connectivity index (χ1) is 14.1. The number of hydrogen-bond donors (Lipinski definition) is 3. The molecule has 0 spiro atoms. The molecule has 0 bridgehead atoms. The Labute approximate surface area is 170 Å². The number of ether oxygens (including phenoxy) is 3. The highest BCUT2D eigenvalue weighted by molar-refractivity contribution is 5.96. The summed E-state index contributed by atoms with van der Waals surface area (Å²) in [5, 5.41) is 8.59. The molecule has 0 unspecified atom stereocenters. The maximum atomic E-state index is 12.2. The van der Waals surface area contributed by atoms with Gasteiger partial charge in [0.2, 0.25) is 5.91 Å². The molecule has 0 aliphatic carbocycles. The zero-order valence-electron chi connectivity index (χ0n) is 16.7. The third-order valence-electron chi connectivity index (χ3n) is 3.84. The van der Waals surface area contributed by atoms with E-state index >= 15 is 0 Å². The predicted octanol–water partition coefficient (Wildman–Crippen LogP) is 2.14. The molecule has 3 N–H and O–H groups in total. The van der Waals surface area contributed by atoms with Crippen molar-refractivity contribution in [2.24, 2.45) is 0 Å². The second-order valence-electron chi connectivity index (χ2n) is 6.10. The fraction of sp³-hybridized carbons (Fsp3) is 0.333. The lowest BCUT2D eigenvalue weighted by atomic mass is 10.2. The van der Waals surface area contributed by atoms with E-state index < -0.39 is 0 Å². The van der Waals surface area contributed by atoms with E-state index in [4.69, 9.17) is 14.2 Å². The first kappa shape index (κ1) is 22.2. The number of rotatable bonds is 12. The van der Waals surface area contributed by atoms with Crippen LogP contribution in [0, 0.1) is 0 Å². The van der Waals surface area contributed by atoms with Gasteiger partial charge in [-0.25, -0.2) is 0 Å². The van der Waals surface area contributed by atoms with Gasteiger partial charge in [-0.3, -0.25) is 9.59 Å². The topological polar surface area (TPSA) is 97.9 Å². The van der Waals surface area contributed by atoms with Crippen LogP contribution in [0.3, 0.4) is 0 Å². The molecular formula is C21H27N3O5. The van der Waals surface area contributed by atoms with Crippen molar-refractivity contribution >= 4 is 23.2 Å². The second-order valence-corrected chi connectivity index (χ2v) is 6.10. The van der Waals surface area contributed by atoms with E-state index in [0.717, 1.165) is 0 Å². The first-order valence-corrected chi connectivity index (χ1v) is 9.25. The Bertz CT molecular complexity index is 797. The molecule has 0 aliphatic heterocycles. The minimum atomic E-state index is -0.214. The van der Waals surface area contributed by atoms with E-state index in [-0.39, 0.29) is 18.4 Å². The molecule has 0 saturated carbocycles. The van der Waals surface area contributed by atoms with Gasteiger partial charge in [0.05, 0.1) is 19.8 Å². The van der Waals surface area contributed by atoms with Crippen LogP contribution in [0.2, 0.25) is 0 Å². The van der Waals surface area contributed by atoms with Crippen LogP contribution >= 0.6 is 0 Å². The van der Waals surface area contributed by atoms with E-state index in [1.54, 1.807) is 56.7 Å². The highest BCUT2D eigenvalue weighted by atomic mass is 16.5. The Hall–Kier alpha value is -3.10. The summed E-state index contributed by atoms with van der Waals surface area (Å²) < 4.78 is 15.4. The van der Waals surface area contributed by atoms with Crippen molar-refractivity contribution in [2.75, 3.05) is 57.8 Å². The molecule has 2 amide bonds. The van der Waals surface area contributed by atoms with Gasteiger partial charge in [0.1, 0.15) is 12.4 Å². The lowest BCUT2D eigenvalue weighted by molar-refractivity contribution is -0.114. The molecule has 0 heterocycles. The number of amides is 2. The standard InChI is InChI=1S/C21H27N3O5/c1-27-10-9-22-21(26)16-5-3-6-17(13-16)23-15-20(25)24-18-7-4-8-19(14-18)29-12-11-28-2/h3-8,13-14,23H,9-12,15H2,1-2H3,(H,22,26)(H,24,25). The Morgan fingerprint density at radius 1 is 0.897 bits per heavy atom. The van der Waals surface area contributed by atoms with Crippen molar-refractivity contribution in [2.45, 2.75) is 0 Å². The lowest BCUT2D eigenvalue weighted by Crippen LogP contribution is -2.27. The van der Waals surface area contributed by atoms with Gasteiger partial charge in [-0.15, -0.1) is 0 Å². The van der Waals surface area contributed by atoms with Crippen LogP contribution in [0.1, 0.15) is 10.4 Å². The fourth-order valence-corrected chi connectivity index (χ4v) is 2.43. The number of carbonyl (C=O) groups excluding carboxylic acids is 2. The first-order valence-electron chi connectivity index (χ1n) is 9.25. The summed E-state index contributed by atoms with van der Waals surface area (Å²) in [6.07, 6.45) is 0. The molecule has 8 nitrogen and oxygen atoms in total. The van der Waals surface area contributed by atoms with Gasteiger partial charge in [-0.1, -0.05) is 12.1 Å². The maximum absolute atomic E-state index is 12.2. The van der Waals surface area contributed by atoms with Gasteiger partial charge in [-0.2, -0.15) is 0 Å². The molecule has 8 heteroatoms. The Kier molecular flexibility index (Phi) is 9.47. The highest BCUT2D eigenvalue weighted by Crippen LogP contribution is 2.17. The molecule has 2 aromatic carbocycles. The Balaban J connectivity index is 1.84. The van der Waals surface area contributed by atoms with E-state index in [0.29, 0.717) is 49.1 Å². The SMILES string of the molecule is COCCNC(=O)c1cccc(NCC(=O)Nc2cccc(OCCOC)c2)c1. The number of methoxy groups -OCH3 is 2. The van der Waals surface area contributed by atoms with Crippen molar-refractivity contribution in [3.63, 3.8) is 0 Å². The molecule has 156 valence electrons. The molecule has 29 heavy (non-hydrogen) atoms. The molecule has 0 radical (unpaired) electrons. The molecule has 0 aliphatic rings. The quantitative estimate of drug-likeness (QED) is 0.472. The Morgan fingerprint density at radius 2 is 1.66 bits per heavy atom. The van der Waals surface area contributed by atoms with Crippen LogP contribution in [0.25, 0.3) is 0 Å². The van der Waals surface area contributed by atoms with E-state index in [1.165, 1.54) is 0 Å². The monoisotopic (exact) mass is 401 g/mol. The van der Waals surface area contributed by atoms with Crippen LogP contribution in [0.15, 0.2) is 48.5 Å². The van der Waals surface area contributed by atoms with Gasteiger partial charge in [0.15, 0.2) is 0 Å². The molecule has 0 fully saturated rings. The maximum Gasteiger partial charge on any atom is 0.251 e. The van der Waals surface area contributed by atoms with Crippen LogP contribution in [0.4, 0.5) is 11.4 Å². The minimum Gasteiger partial charge on any atom is -0.491 e. The van der Waals surface area contributed by atoms with Gasteiger partial charge < -0.3 is 30.2 Å². The number of nitrogens with one attached hydrogen (secondary N) is 3. The summed E-state index contributed by atoms with van der Waals surface area (Å²) in [6, 6.07) is 14.1. The van der Waals surface area contributed by atoms with Crippen LogP contribution in [-0.4, -0.2) is 58.9 Å². The average molecular weight is 401 g/mol. The van der Waals surface area contributed by atoms with Crippen molar-refractivity contribution < 1.29 is 23.8 Å². The van der Waals surface area contributed by atoms with Crippen LogP contribution in [-0.2, 0) is 14.3 Å². The van der Waals surface area contributed by atoms with Crippen molar-refractivity contribution in [3.8, 4) is 5.75 Å². The number of benzene rings is 2. The largest absolute Gasteiger partial charge is 0.491 e. The van der Waals surface area contributed by atoms with Gasteiger partial charge in [0, 0.05) is 43.8 Å². The zero-order chi connectivity index (χ0) is 20.9. The molecule has 2 aromatic rings. The smallest absolute Gasteiger partial charge is 0.251 e. The summed E-state index contributed by atoms with van der Waals surface area (Å²) in [7, 11) is 3.18. The molecular weight excluding hydrogens is 374 g/mol. The third kappa shape index (κ3) is 8.20. The summed E-state index contributed by atoms with van der Waals surface area (Å²) in [5.41, 5.74) is 1.82. The van der Waals surface area contributed by atoms with Crippen molar-refractivity contribution in [3.05, 3.63) is 54.1 Å². The average Bonchev–Trinajstić information content (AvgIpc) is 2.73. The van der Waals surface area contributed by atoms with Gasteiger partial charge in [0.25, 0.3) is 5.91 Å². The summed E-state index contributed by atoms with van der Waals surface area (Å²) in [5.74, 6) is 0.245. The minimum absolute atomic E-state index is 0.0590. The summed E-state index contributed by atoms with van der Waals surface area (Å²) in [6.45, 7) is 1.87. The highest BCUT2D eigenvalue weighted by Gasteiger charge is 2.07. The lowest BCUT2D eigenvalue weighted by Gasteiger charge is -2.11. The van der Waals surface area contributed by atoms with Gasteiger partial charge >= 0.3 is 0 Å². The summed E-state index contributed by atoms with van der Waals surface area (Å²) in [4.78, 5) is 24.3. The fourth-order valence-electron chi connectivity index (χ4n) is 2.43. The summed E-state index contributed by atoms with van der Waals surface area (Å²) >= 11 is 0. The van der Waals surface area contributed by atoms with Crippen molar-refractivity contribution in [1.29, 1.82) is 0 Å². The zero-order valence-corrected chi connectivity index (χ0v) is 16.7. The molecule has 0 saturated heterocycles. The molecule has 0 aromatic heterocycles. The van der Waals surface area contributed by atoms with E-state index in [1.807, 2.05) is 6.07 Å². The van der Waals surface area contributed by atoms with E-state index in [9.17, 15) is 9.59 Å². The molecule has 2 rings (SSSR count). The van der Waals surface area contributed by atoms with Gasteiger partial charge in [-0.05, 0) is 30.3 Å². The van der Waals surface area contributed by atoms with E-state index in [2.05, 4.69) is 16.0 Å². The second kappa shape index (κ2) is 12.4. The number of carbonyl (C=O) groups is 2. The number of anilines is 2. The van der Waals surface area contributed by atoms with Crippen LogP contribution < -0.4 is 20.7 Å². The van der Waals surface area contributed by atoms with Crippen LogP contribution in [0.5, 0.6) is 5.75 Å². The number of hydrogen-bond acceptors (Lipinski definition) is 6. The third-order valence-corrected chi connectivity index (χ3v) is 3.84. The normalized spacial score (nSPS) is 10.3.